The topological polar surface area (TPSA) is 33.3 Å². The van der Waals surface area contributed by atoms with E-state index in [2.05, 4.69) is 22.8 Å². The predicted octanol–water partition coefficient (Wildman–Crippen LogP) is 4.53. The highest BCUT2D eigenvalue weighted by atomic mass is 32.1. The summed E-state index contributed by atoms with van der Waals surface area (Å²) in [6.07, 6.45) is 2.12. The molecule has 3 nitrogen and oxygen atoms in total. The van der Waals surface area contributed by atoms with Crippen molar-refractivity contribution in [2.24, 2.45) is 0 Å². The Morgan fingerprint density at radius 1 is 1.08 bits per heavy atom. The summed E-state index contributed by atoms with van der Waals surface area (Å²) in [7, 11) is 0. The molecule has 0 aliphatic heterocycles. The van der Waals surface area contributed by atoms with Gasteiger partial charge in [0.25, 0.3) is 0 Å². The molecule has 0 saturated heterocycles. The Morgan fingerprint density at radius 2 is 1.75 bits per heavy atom. The number of hydrogen-bond donors (Lipinski definition) is 2. The fraction of sp³-hybridized carbons (Fsp3) is 0.316. The first-order valence-corrected chi connectivity index (χ1v) is 8.50. The van der Waals surface area contributed by atoms with E-state index in [4.69, 9.17) is 17.0 Å². The molecule has 24 heavy (non-hydrogen) atoms. The van der Waals surface area contributed by atoms with Crippen LogP contribution in [0.15, 0.2) is 48.5 Å². The van der Waals surface area contributed by atoms with E-state index in [1.165, 1.54) is 17.7 Å². The third-order valence-electron chi connectivity index (χ3n) is 3.33. The summed E-state index contributed by atoms with van der Waals surface area (Å²) in [6, 6.07) is 14.3. The molecule has 128 valence electrons. The zero-order valence-electron chi connectivity index (χ0n) is 14.0. The molecule has 0 amide bonds. The summed E-state index contributed by atoms with van der Waals surface area (Å²) in [6.45, 7) is 4.81. The molecule has 0 saturated carbocycles. The number of hydrogen-bond acceptors (Lipinski definition) is 2. The summed E-state index contributed by atoms with van der Waals surface area (Å²) < 4.78 is 18.5. The lowest BCUT2D eigenvalue weighted by Crippen LogP contribution is -2.29. The van der Waals surface area contributed by atoms with Crippen LogP contribution in [-0.4, -0.2) is 17.8 Å². The number of benzene rings is 2. The van der Waals surface area contributed by atoms with Crippen molar-refractivity contribution >= 4 is 23.0 Å². The average molecular weight is 346 g/mol. The highest BCUT2D eigenvalue weighted by Crippen LogP contribution is 2.14. The van der Waals surface area contributed by atoms with Crippen molar-refractivity contribution in [2.45, 2.75) is 32.8 Å². The van der Waals surface area contributed by atoms with E-state index in [0.717, 1.165) is 30.8 Å². The summed E-state index contributed by atoms with van der Waals surface area (Å²) in [4.78, 5) is 0. The molecule has 2 rings (SSSR count). The Balaban J connectivity index is 1.66. The Hall–Kier alpha value is -2.14. The normalized spacial score (nSPS) is 10.5. The summed E-state index contributed by atoms with van der Waals surface area (Å²) in [5, 5.41) is 6.73. The second-order valence-electron chi connectivity index (χ2n) is 5.80. The van der Waals surface area contributed by atoms with Crippen LogP contribution in [-0.2, 0) is 6.42 Å². The maximum absolute atomic E-state index is 12.8. The van der Waals surface area contributed by atoms with Crippen LogP contribution in [0.25, 0.3) is 0 Å². The van der Waals surface area contributed by atoms with Crippen LogP contribution < -0.4 is 15.4 Å². The van der Waals surface area contributed by atoms with Gasteiger partial charge in [-0.25, -0.2) is 4.39 Å². The van der Waals surface area contributed by atoms with Gasteiger partial charge in [0.15, 0.2) is 5.11 Å². The molecule has 0 radical (unpaired) electrons. The van der Waals surface area contributed by atoms with Crippen molar-refractivity contribution in [1.82, 2.24) is 5.32 Å². The zero-order chi connectivity index (χ0) is 17.4. The number of aryl methyl sites for hydroxylation is 1. The molecule has 0 unspecified atom stereocenters. The minimum atomic E-state index is -0.260. The molecular formula is C19H23FN2OS. The Kier molecular flexibility index (Phi) is 7.00. The van der Waals surface area contributed by atoms with Gasteiger partial charge in [0, 0.05) is 12.2 Å². The Morgan fingerprint density at radius 3 is 2.38 bits per heavy atom. The number of nitrogens with one attached hydrogen (secondary N) is 2. The van der Waals surface area contributed by atoms with Crippen LogP contribution in [0, 0.1) is 5.82 Å². The highest BCUT2D eigenvalue weighted by molar-refractivity contribution is 7.80. The second kappa shape index (κ2) is 9.23. The Bertz CT molecular complexity index is 641. The van der Waals surface area contributed by atoms with Gasteiger partial charge >= 0.3 is 0 Å². The van der Waals surface area contributed by atoms with Crippen molar-refractivity contribution in [2.75, 3.05) is 11.9 Å². The molecule has 0 fully saturated rings. The summed E-state index contributed by atoms with van der Waals surface area (Å²) in [5.41, 5.74) is 2.04. The molecule has 2 aromatic carbocycles. The van der Waals surface area contributed by atoms with Crippen molar-refractivity contribution < 1.29 is 9.13 Å². The standard InChI is InChI=1S/C19H23FN2OS/c1-14(2)23-18-11-5-15(6-12-18)4-3-13-21-19(24)22-17-9-7-16(20)8-10-17/h5-12,14H,3-4,13H2,1-2H3,(H2,21,22,24). The van der Waals surface area contributed by atoms with Gasteiger partial charge in [-0.2, -0.15) is 0 Å². The lowest BCUT2D eigenvalue weighted by Gasteiger charge is -2.11. The maximum atomic E-state index is 12.8. The third-order valence-corrected chi connectivity index (χ3v) is 3.57. The predicted molar refractivity (Wildman–Crippen MR) is 101 cm³/mol. The van der Waals surface area contributed by atoms with Gasteiger partial charge in [-0.3, -0.25) is 0 Å². The van der Waals surface area contributed by atoms with Gasteiger partial charge in [-0.05, 0) is 80.9 Å². The molecule has 0 aromatic heterocycles. The van der Waals surface area contributed by atoms with Gasteiger partial charge in [0.1, 0.15) is 11.6 Å². The lowest BCUT2D eigenvalue weighted by atomic mass is 10.1. The quantitative estimate of drug-likeness (QED) is 0.570. The number of halogens is 1. The minimum Gasteiger partial charge on any atom is -0.491 e. The molecule has 2 N–H and O–H groups in total. The van der Waals surface area contributed by atoms with Gasteiger partial charge in [-0.15, -0.1) is 0 Å². The lowest BCUT2D eigenvalue weighted by molar-refractivity contribution is 0.242. The molecule has 0 aliphatic rings. The van der Waals surface area contributed by atoms with Gasteiger partial charge in [0.2, 0.25) is 0 Å². The zero-order valence-corrected chi connectivity index (χ0v) is 14.8. The van der Waals surface area contributed by atoms with Crippen LogP contribution in [0.1, 0.15) is 25.8 Å². The summed E-state index contributed by atoms with van der Waals surface area (Å²) in [5.74, 6) is 0.640. The third kappa shape index (κ3) is 6.54. The number of anilines is 1. The van der Waals surface area contributed by atoms with Crippen LogP contribution in [0.2, 0.25) is 0 Å². The number of rotatable bonds is 7. The van der Waals surface area contributed by atoms with E-state index in [1.54, 1.807) is 12.1 Å². The first-order chi connectivity index (χ1) is 11.5. The fourth-order valence-corrected chi connectivity index (χ4v) is 2.43. The molecule has 0 atom stereocenters. The van der Waals surface area contributed by atoms with Gasteiger partial charge in [0.05, 0.1) is 6.10 Å². The van der Waals surface area contributed by atoms with E-state index >= 15 is 0 Å². The van der Waals surface area contributed by atoms with Crippen LogP contribution >= 0.6 is 12.2 Å². The van der Waals surface area contributed by atoms with E-state index in [9.17, 15) is 4.39 Å². The van der Waals surface area contributed by atoms with E-state index in [-0.39, 0.29) is 11.9 Å². The van der Waals surface area contributed by atoms with Crippen LogP contribution in [0.4, 0.5) is 10.1 Å². The minimum absolute atomic E-state index is 0.190. The molecule has 5 heteroatoms. The van der Waals surface area contributed by atoms with E-state index in [0.29, 0.717) is 5.11 Å². The van der Waals surface area contributed by atoms with Gasteiger partial charge < -0.3 is 15.4 Å². The second-order valence-corrected chi connectivity index (χ2v) is 6.21. The molecule has 2 aromatic rings. The fourth-order valence-electron chi connectivity index (χ4n) is 2.21. The Labute approximate surface area is 148 Å². The van der Waals surface area contributed by atoms with Gasteiger partial charge in [-0.1, -0.05) is 12.1 Å². The molecule has 0 heterocycles. The first-order valence-electron chi connectivity index (χ1n) is 8.09. The van der Waals surface area contributed by atoms with Crippen molar-refractivity contribution in [3.05, 3.63) is 59.9 Å². The van der Waals surface area contributed by atoms with Crippen molar-refractivity contribution in [1.29, 1.82) is 0 Å². The van der Waals surface area contributed by atoms with Crippen LogP contribution in [0.5, 0.6) is 5.75 Å². The van der Waals surface area contributed by atoms with Crippen LogP contribution in [0.3, 0.4) is 0 Å². The molecule has 0 aliphatic carbocycles. The van der Waals surface area contributed by atoms with Crippen molar-refractivity contribution in [3.63, 3.8) is 0 Å². The SMILES string of the molecule is CC(C)Oc1ccc(CCCNC(=S)Nc2ccc(F)cc2)cc1. The molecular weight excluding hydrogens is 323 g/mol. The highest BCUT2D eigenvalue weighted by Gasteiger charge is 2.00. The average Bonchev–Trinajstić information content (AvgIpc) is 2.55. The van der Waals surface area contributed by atoms with E-state index < -0.39 is 0 Å². The first kappa shape index (κ1) is 18.2. The smallest absolute Gasteiger partial charge is 0.170 e. The maximum Gasteiger partial charge on any atom is 0.170 e. The monoisotopic (exact) mass is 346 g/mol. The summed E-state index contributed by atoms with van der Waals surface area (Å²) >= 11 is 5.22. The largest absolute Gasteiger partial charge is 0.491 e. The molecule has 0 spiro atoms. The van der Waals surface area contributed by atoms with E-state index in [1.807, 2.05) is 26.0 Å². The number of ether oxygens (including phenoxy) is 1. The number of thiocarbonyl (C=S) groups is 1. The molecule has 0 bridgehead atoms. The van der Waals surface area contributed by atoms with Crippen molar-refractivity contribution in [3.8, 4) is 5.75 Å².